The third-order valence-corrected chi connectivity index (χ3v) is 11.1. The molecule has 0 unspecified atom stereocenters. The molecule has 2 amide bonds. The standard InChI is InChI=1S/C48H54N5O13/c1-30-8-13-36-41(22-30)62-20-21-63-42-25-35(48-33-11-9-31(49(2)3)23-39(33)65-40-24-32(50(4)5)10-12-34(40)48)38(64-29-47(58)66-53-43(54)14-15-44(53)55)26-37(42)52(28-46(57)60-7)17-19-61-18-16-51(36)27-45(56)59-6/h8-13,22-26H,14-21,27-29H2,1-7H3/q+1. The first-order valence-electron chi connectivity index (χ1n) is 21.4. The van der Waals surface area contributed by atoms with E-state index in [-0.39, 0.29) is 64.7 Å². The molecule has 1 fully saturated rings. The lowest BCUT2D eigenvalue weighted by Gasteiger charge is -2.28. The summed E-state index contributed by atoms with van der Waals surface area (Å²) in [5, 5.41) is 2.06. The van der Waals surface area contributed by atoms with Crippen LogP contribution in [0.4, 0.5) is 17.1 Å². The van der Waals surface area contributed by atoms with Crippen LogP contribution >= 0.6 is 0 Å². The molecule has 3 aromatic rings. The average Bonchev–Trinajstić information content (AvgIpc) is 3.61. The summed E-state index contributed by atoms with van der Waals surface area (Å²) in [6.07, 6.45) is -0.149. The van der Waals surface area contributed by atoms with E-state index < -0.39 is 36.3 Å². The van der Waals surface area contributed by atoms with Crippen molar-refractivity contribution in [3.05, 3.63) is 77.7 Å². The van der Waals surface area contributed by atoms with Gasteiger partial charge >= 0.3 is 17.9 Å². The summed E-state index contributed by atoms with van der Waals surface area (Å²) in [7, 11) is 10.3. The van der Waals surface area contributed by atoms with E-state index in [2.05, 4.69) is 0 Å². The Morgan fingerprint density at radius 2 is 1.38 bits per heavy atom. The highest BCUT2D eigenvalue weighted by Crippen LogP contribution is 2.48. The van der Waals surface area contributed by atoms with E-state index >= 15 is 0 Å². The largest absolute Gasteiger partial charge is 0.488 e. The van der Waals surface area contributed by atoms with Gasteiger partial charge in [0.05, 0.1) is 44.9 Å². The van der Waals surface area contributed by atoms with E-state index in [9.17, 15) is 24.0 Å². The Morgan fingerprint density at radius 3 is 2.02 bits per heavy atom. The zero-order chi connectivity index (χ0) is 47.1. The van der Waals surface area contributed by atoms with Gasteiger partial charge in [-0.25, -0.2) is 9.37 Å². The first kappa shape index (κ1) is 46.6. The smallest absolute Gasteiger partial charge is 0.370 e. The van der Waals surface area contributed by atoms with Crippen molar-refractivity contribution < 1.29 is 61.6 Å². The van der Waals surface area contributed by atoms with Crippen LogP contribution in [-0.2, 0) is 43.0 Å². The molecule has 3 heterocycles. The summed E-state index contributed by atoms with van der Waals surface area (Å²) in [6.45, 7) is 1.82. The van der Waals surface area contributed by atoms with E-state index in [1.165, 1.54) is 14.2 Å². The monoisotopic (exact) mass is 908 g/mol. The van der Waals surface area contributed by atoms with Gasteiger partial charge in [0.15, 0.2) is 6.61 Å². The maximum Gasteiger partial charge on any atom is 0.370 e. The lowest BCUT2D eigenvalue weighted by molar-refractivity contribution is -0.198. The van der Waals surface area contributed by atoms with Gasteiger partial charge in [0, 0.05) is 86.0 Å². The van der Waals surface area contributed by atoms with Crippen molar-refractivity contribution in [2.45, 2.75) is 19.8 Å². The SMILES string of the molecule is COC(=O)CN1CCOCCN(CC(=O)OC)c2cc(OCC(=O)ON3C(=O)CCC3=O)c(-c3c4ccc(=[N+](C)C)cc-4oc4cc(N(C)C)ccc34)cc2OCCOc2cc(C)ccc21. The number of anilines is 3. The predicted octanol–water partition coefficient (Wildman–Crippen LogP) is 4.04. The van der Waals surface area contributed by atoms with Crippen LogP contribution < -0.4 is 38.8 Å². The summed E-state index contributed by atoms with van der Waals surface area (Å²) in [5.41, 5.74) is 5.29. The highest BCUT2D eigenvalue weighted by molar-refractivity contribution is 6.05. The summed E-state index contributed by atoms with van der Waals surface area (Å²) in [4.78, 5) is 74.4. The molecule has 18 heteroatoms. The molecule has 0 N–H and O–H groups in total. The molecule has 3 aromatic carbocycles. The number of carbonyl (C=O) groups is 5. The number of imide groups is 1. The molecule has 0 spiro atoms. The number of fused-ring (bicyclic) bond motifs is 4. The second-order valence-corrected chi connectivity index (χ2v) is 16.1. The number of amides is 2. The Bertz CT molecular complexity index is 2680. The van der Waals surface area contributed by atoms with E-state index in [0.717, 1.165) is 16.6 Å². The Hall–Kier alpha value is -7.34. The lowest BCUT2D eigenvalue weighted by Crippen LogP contribution is -2.36. The van der Waals surface area contributed by atoms with Gasteiger partial charge in [-0.1, -0.05) is 6.07 Å². The van der Waals surface area contributed by atoms with Gasteiger partial charge in [-0.3, -0.25) is 19.2 Å². The molecule has 0 radical (unpaired) electrons. The molecule has 7 rings (SSSR count). The van der Waals surface area contributed by atoms with Crippen molar-refractivity contribution in [2.75, 3.05) is 116 Å². The van der Waals surface area contributed by atoms with Crippen molar-refractivity contribution in [1.82, 2.24) is 9.64 Å². The first-order valence-corrected chi connectivity index (χ1v) is 21.4. The third kappa shape index (κ3) is 10.6. The zero-order valence-electron chi connectivity index (χ0n) is 38.2. The van der Waals surface area contributed by atoms with Gasteiger partial charge < -0.3 is 52.4 Å². The number of carbonyl (C=O) groups excluding carboxylic acids is 5. The van der Waals surface area contributed by atoms with E-state index in [1.807, 2.05) is 104 Å². The predicted molar refractivity (Wildman–Crippen MR) is 244 cm³/mol. The fourth-order valence-corrected chi connectivity index (χ4v) is 7.63. The molecule has 0 atom stereocenters. The average molecular weight is 909 g/mol. The molecule has 1 saturated heterocycles. The zero-order valence-corrected chi connectivity index (χ0v) is 38.2. The van der Waals surface area contributed by atoms with Gasteiger partial charge in [0.1, 0.15) is 69.0 Å². The summed E-state index contributed by atoms with van der Waals surface area (Å²) < 4.78 is 44.2. The highest BCUT2D eigenvalue weighted by atomic mass is 16.7. The minimum absolute atomic E-state index is 0.0216. The number of hydrogen-bond donors (Lipinski definition) is 0. The number of esters is 2. The fraction of sp³-hybridized carbons (Fsp3) is 0.375. The van der Waals surface area contributed by atoms with Crippen LogP contribution in [0.5, 0.6) is 17.2 Å². The normalized spacial score (nSPS) is 14.6. The number of nitrogens with zero attached hydrogens (tertiary/aromatic N) is 5. The molecule has 3 aliphatic heterocycles. The van der Waals surface area contributed by atoms with Crippen LogP contribution in [0.25, 0.3) is 33.4 Å². The fourth-order valence-electron chi connectivity index (χ4n) is 7.63. The van der Waals surface area contributed by atoms with Crippen LogP contribution in [0.15, 0.2) is 71.1 Å². The van der Waals surface area contributed by atoms with Crippen molar-refractivity contribution in [2.24, 2.45) is 0 Å². The van der Waals surface area contributed by atoms with Crippen molar-refractivity contribution in [3.8, 4) is 39.7 Å². The second kappa shape index (κ2) is 20.7. The van der Waals surface area contributed by atoms with Gasteiger partial charge in [-0.15, -0.1) is 5.06 Å². The summed E-state index contributed by atoms with van der Waals surface area (Å²) >= 11 is 0. The van der Waals surface area contributed by atoms with Crippen LogP contribution in [0, 0.1) is 6.92 Å². The van der Waals surface area contributed by atoms with Crippen molar-refractivity contribution in [3.63, 3.8) is 0 Å². The molecular formula is C48H54N5O13+. The van der Waals surface area contributed by atoms with Crippen LogP contribution in [0.2, 0.25) is 0 Å². The third-order valence-electron chi connectivity index (χ3n) is 11.1. The van der Waals surface area contributed by atoms with Gasteiger partial charge in [0.2, 0.25) is 5.36 Å². The second-order valence-electron chi connectivity index (χ2n) is 16.1. The van der Waals surface area contributed by atoms with E-state index in [0.29, 0.717) is 67.9 Å². The molecule has 66 heavy (non-hydrogen) atoms. The Labute approximate surface area is 381 Å². The number of aryl methyl sites for hydroxylation is 1. The van der Waals surface area contributed by atoms with Crippen LogP contribution in [-0.4, -0.2) is 136 Å². The number of rotatable bonds is 10. The Morgan fingerprint density at radius 1 is 0.727 bits per heavy atom. The van der Waals surface area contributed by atoms with Crippen molar-refractivity contribution >= 4 is 57.8 Å². The maximum atomic E-state index is 13.4. The molecular weight excluding hydrogens is 855 g/mol. The number of benzene rings is 4. The van der Waals surface area contributed by atoms with E-state index in [1.54, 1.807) is 17.0 Å². The maximum absolute atomic E-state index is 13.4. The molecule has 0 bridgehead atoms. The summed E-state index contributed by atoms with van der Waals surface area (Å²) in [6, 6.07) is 20.8. The minimum atomic E-state index is -0.991. The molecule has 348 valence electrons. The lowest BCUT2D eigenvalue weighted by atomic mass is 9.92. The molecule has 0 aromatic heterocycles. The number of methoxy groups -OCH3 is 2. The number of hydrogen-bond acceptors (Lipinski definition) is 16. The van der Waals surface area contributed by atoms with Gasteiger partial charge in [-0.05, 0) is 48.9 Å². The van der Waals surface area contributed by atoms with Crippen LogP contribution in [0.3, 0.4) is 0 Å². The molecule has 4 aliphatic rings. The van der Waals surface area contributed by atoms with E-state index in [4.69, 9.17) is 37.7 Å². The van der Waals surface area contributed by atoms with Crippen LogP contribution in [0.1, 0.15) is 18.4 Å². The summed E-state index contributed by atoms with van der Waals surface area (Å²) in [5.74, 6) is -1.67. The Balaban J connectivity index is 1.40. The number of ether oxygens (including phenoxy) is 6. The quantitative estimate of drug-likeness (QED) is 0.0848. The topological polar surface area (TPSA) is 179 Å². The Kier molecular flexibility index (Phi) is 14.6. The number of hydroxylamine groups is 2. The molecule has 1 aliphatic carbocycles. The highest BCUT2D eigenvalue weighted by Gasteiger charge is 2.33. The van der Waals surface area contributed by atoms with Gasteiger partial charge in [0.25, 0.3) is 11.8 Å². The minimum Gasteiger partial charge on any atom is -0.488 e. The first-order chi connectivity index (χ1) is 31.7. The molecule has 18 nitrogen and oxygen atoms in total. The van der Waals surface area contributed by atoms with Gasteiger partial charge in [-0.2, -0.15) is 0 Å². The van der Waals surface area contributed by atoms with Crippen molar-refractivity contribution in [1.29, 1.82) is 0 Å². The molecule has 0 saturated carbocycles.